The summed E-state index contributed by atoms with van der Waals surface area (Å²) in [6.07, 6.45) is 0. The Labute approximate surface area is 212 Å². The fourth-order valence-electron chi connectivity index (χ4n) is 3.09. The Kier molecular flexibility index (Phi) is 7.51. The van der Waals surface area contributed by atoms with Gasteiger partial charge in [0.2, 0.25) is 0 Å². The Hall–Kier alpha value is -2.34. The van der Waals surface area contributed by atoms with Crippen LogP contribution in [0.5, 0.6) is 0 Å². The van der Waals surface area contributed by atoms with Crippen LogP contribution in [0.3, 0.4) is 0 Å². The second-order valence-corrected chi connectivity index (χ2v) is 12.0. The van der Waals surface area contributed by atoms with Gasteiger partial charge in [-0.3, -0.25) is 0 Å². The van der Waals surface area contributed by atoms with Gasteiger partial charge in [0.1, 0.15) is 0 Å². The molecule has 0 unspecified atom stereocenters. The molecular weight excluding hydrogens is 396 g/mol. The summed E-state index contributed by atoms with van der Waals surface area (Å²) in [6.45, 7) is 25.4. The summed E-state index contributed by atoms with van der Waals surface area (Å²) in [5, 5.41) is 0. The van der Waals surface area contributed by atoms with Gasteiger partial charge in [-0.1, -0.05) is 152 Å². The van der Waals surface area contributed by atoms with Gasteiger partial charge in [-0.2, -0.15) is 0 Å². The van der Waals surface area contributed by atoms with Crippen LogP contribution in [0.4, 0.5) is 0 Å². The first-order valence-electron chi connectivity index (χ1n) is 14.3. The second-order valence-electron chi connectivity index (χ2n) is 12.0. The first-order valence-corrected chi connectivity index (χ1v) is 11.8. The summed E-state index contributed by atoms with van der Waals surface area (Å²) in [6, 6.07) is 14.4. The molecule has 0 aliphatic carbocycles. The predicted octanol–water partition coefficient (Wildman–Crippen LogP) is 9.88. The van der Waals surface area contributed by atoms with Gasteiger partial charge in [0.15, 0.2) is 0 Å². The van der Waals surface area contributed by atoms with Crippen LogP contribution in [-0.2, 0) is 16.2 Å². The minimum Gasteiger partial charge on any atom is -0.0622 e. The van der Waals surface area contributed by atoms with Crippen molar-refractivity contribution in [3.63, 3.8) is 0 Å². The molecule has 33 heavy (non-hydrogen) atoms. The molecule has 0 aromatic heterocycles. The molecule has 0 N–H and O–H groups in total. The molecule has 0 saturated heterocycles. The quantitative estimate of drug-likeness (QED) is 0.320. The number of hydrogen-bond acceptors (Lipinski definition) is 0. The Morgan fingerprint density at radius 3 is 1.21 bits per heavy atom. The molecule has 0 nitrogen and oxygen atoms in total. The minimum atomic E-state index is -0.451. The van der Waals surface area contributed by atoms with E-state index in [9.17, 15) is 0 Å². The van der Waals surface area contributed by atoms with Gasteiger partial charge >= 0.3 is 0 Å². The van der Waals surface area contributed by atoms with E-state index in [4.69, 9.17) is 6.85 Å². The van der Waals surface area contributed by atoms with Crippen molar-refractivity contribution in [2.45, 2.75) is 99.3 Å². The Morgan fingerprint density at radius 2 is 0.848 bits per heavy atom. The van der Waals surface area contributed by atoms with Crippen molar-refractivity contribution in [1.82, 2.24) is 0 Å². The van der Waals surface area contributed by atoms with Gasteiger partial charge < -0.3 is 0 Å². The summed E-state index contributed by atoms with van der Waals surface area (Å²) >= 11 is 0. The van der Waals surface area contributed by atoms with Crippen LogP contribution >= 0.6 is 0 Å². The number of rotatable bonds is 0. The van der Waals surface area contributed by atoms with Crippen molar-refractivity contribution in [3.05, 3.63) is 106 Å². The lowest BCUT2D eigenvalue weighted by Gasteiger charge is -2.20. The molecule has 0 radical (unpaired) electrons. The Bertz CT molecular complexity index is 1170. The van der Waals surface area contributed by atoms with Crippen molar-refractivity contribution < 1.29 is 6.85 Å². The van der Waals surface area contributed by atoms with Gasteiger partial charge in [-0.25, -0.2) is 0 Å². The van der Waals surface area contributed by atoms with E-state index in [0.29, 0.717) is 5.56 Å². The fraction of sp³-hybridized carbons (Fsp3) is 0.455. The lowest BCUT2D eigenvalue weighted by molar-refractivity contribution is 0.589. The molecule has 3 rings (SSSR count). The standard InChI is InChI=1S/C12H18.C11H16.C10H14/c1-9-6-10(2)8-11(7-9)12(3,4)5;1-9-5-7-10(8-6-9)11(2,3)4;1-10(2,3)9-7-5-4-6-8-9/h6-8H,1-5H3;5-8H,1-4H3;4-8H,1-3H3/i;;4D,5D,6D,7D,8D. The van der Waals surface area contributed by atoms with E-state index < -0.39 is 5.41 Å². The summed E-state index contributed by atoms with van der Waals surface area (Å²) < 4.78 is 37.9. The zero-order valence-electron chi connectivity index (χ0n) is 28.0. The van der Waals surface area contributed by atoms with Crippen molar-refractivity contribution in [2.75, 3.05) is 0 Å². The maximum atomic E-state index is 7.72. The van der Waals surface area contributed by atoms with Crippen LogP contribution in [-0.4, -0.2) is 0 Å². The minimum absolute atomic E-state index is 0.103. The third kappa shape index (κ3) is 10.9. The second kappa shape index (κ2) is 11.7. The van der Waals surface area contributed by atoms with Gasteiger partial charge in [-0.05, 0) is 53.7 Å². The van der Waals surface area contributed by atoms with Crippen LogP contribution in [0.2, 0.25) is 0 Å². The molecule has 180 valence electrons. The van der Waals surface area contributed by atoms with Crippen LogP contribution in [0.1, 0.15) is 103 Å². The average molecular weight is 450 g/mol. The van der Waals surface area contributed by atoms with E-state index in [1.807, 2.05) is 20.8 Å². The Balaban J connectivity index is 0.000000289. The van der Waals surface area contributed by atoms with Gasteiger partial charge in [0, 0.05) is 0 Å². The molecule has 0 aliphatic rings. The van der Waals surface area contributed by atoms with E-state index >= 15 is 0 Å². The SMILES string of the molecule is Cc1cc(C)cc(C(C)(C)C)c1.Cc1ccc(C(C)(C)C)cc1.[2H]c1c([2H])c([2H])c(C(C)(C)C)c([2H])c1[2H]. The van der Waals surface area contributed by atoms with Gasteiger partial charge in [0.05, 0.1) is 6.85 Å². The van der Waals surface area contributed by atoms with E-state index in [-0.39, 0.29) is 41.0 Å². The van der Waals surface area contributed by atoms with E-state index in [1.165, 1.54) is 27.8 Å². The predicted molar refractivity (Wildman–Crippen MR) is 150 cm³/mol. The molecule has 0 atom stereocenters. The van der Waals surface area contributed by atoms with Gasteiger partial charge in [-0.15, -0.1) is 0 Å². The largest absolute Gasteiger partial charge is 0.0626 e. The molecule has 0 fully saturated rings. The molecule has 3 aromatic rings. The summed E-state index contributed by atoms with van der Waals surface area (Å²) in [5.41, 5.74) is 7.37. The fourth-order valence-corrected chi connectivity index (χ4v) is 3.09. The molecule has 0 amide bonds. The highest BCUT2D eigenvalue weighted by Gasteiger charge is 2.14. The number of hydrogen-bond donors (Lipinski definition) is 0. The lowest BCUT2D eigenvalue weighted by Crippen LogP contribution is -2.11. The summed E-state index contributed by atoms with van der Waals surface area (Å²) in [4.78, 5) is 0. The molecule has 0 saturated carbocycles. The Morgan fingerprint density at radius 1 is 0.455 bits per heavy atom. The molecule has 0 heteroatoms. The zero-order chi connectivity index (χ0) is 29.8. The molecule has 0 aliphatic heterocycles. The third-order valence-corrected chi connectivity index (χ3v) is 5.26. The summed E-state index contributed by atoms with van der Waals surface area (Å²) in [7, 11) is 0. The maximum Gasteiger partial charge on any atom is 0.0626 e. The van der Waals surface area contributed by atoms with Crippen molar-refractivity contribution in [2.24, 2.45) is 0 Å². The zero-order valence-corrected chi connectivity index (χ0v) is 23.0. The molecule has 0 bridgehead atoms. The molecule has 3 aromatic carbocycles. The van der Waals surface area contributed by atoms with Crippen LogP contribution in [0, 0.1) is 20.8 Å². The molecule has 0 heterocycles. The third-order valence-electron chi connectivity index (χ3n) is 5.26. The number of aryl methyl sites for hydroxylation is 3. The highest BCUT2D eigenvalue weighted by atomic mass is 14.2. The first kappa shape index (κ1) is 21.2. The maximum absolute atomic E-state index is 7.72. The monoisotopic (exact) mass is 449 g/mol. The first-order chi connectivity index (χ1) is 17.1. The highest BCUT2D eigenvalue weighted by Crippen LogP contribution is 2.24. The number of benzene rings is 3. The topological polar surface area (TPSA) is 0 Å². The molecular formula is C33H48. The van der Waals surface area contributed by atoms with Crippen LogP contribution < -0.4 is 0 Å². The smallest absolute Gasteiger partial charge is 0.0622 e. The summed E-state index contributed by atoms with van der Waals surface area (Å²) in [5.74, 6) is 0. The van der Waals surface area contributed by atoms with E-state index in [2.05, 4.69) is 105 Å². The van der Waals surface area contributed by atoms with Crippen molar-refractivity contribution >= 4 is 0 Å². The van der Waals surface area contributed by atoms with Crippen LogP contribution in [0.15, 0.2) is 72.7 Å². The van der Waals surface area contributed by atoms with E-state index in [0.717, 1.165) is 0 Å². The average Bonchev–Trinajstić information content (AvgIpc) is 2.75. The normalized spacial score (nSPS) is 13.8. The van der Waals surface area contributed by atoms with Crippen LogP contribution in [0.25, 0.3) is 0 Å². The molecule has 0 spiro atoms. The van der Waals surface area contributed by atoms with Gasteiger partial charge in [0.25, 0.3) is 0 Å². The van der Waals surface area contributed by atoms with E-state index in [1.54, 1.807) is 0 Å². The lowest BCUT2D eigenvalue weighted by atomic mass is 9.85. The van der Waals surface area contributed by atoms with Crippen molar-refractivity contribution in [1.29, 1.82) is 0 Å². The highest BCUT2D eigenvalue weighted by molar-refractivity contribution is 5.32. The van der Waals surface area contributed by atoms with Crippen molar-refractivity contribution in [3.8, 4) is 0 Å².